The highest BCUT2D eigenvalue weighted by atomic mass is 32.2. The van der Waals surface area contributed by atoms with Crippen LogP contribution in [-0.2, 0) is 10.0 Å². The zero-order valence-corrected chi connectivity index (χ0v) is 15.9. The predicted molar refractivity (Wildman–Crippen MR) is 96.6 cm³/mol. The van der Waals surface area contributed by atoms with Crippen LogP contribution in [0.15, 0.2) is 23.1 Å². The lowest BCUT2D eigenvalue weighted by Gasteiger charge is -2.40. The molecule has 1 aliphatic rings. The van der Waals surface area contributed by atoms with E-state index in [-0.39, 0.29) is 11.4 Å². The standard InChI is InChI=1S/C18H30N2O3S/c1-13-7-5-10-18(16(13)4)24(22,23)19-11-17(21)12-20-14(2)8-6-9-15(20)3/h5,7,10,14-15,17,19,21H,6,8-9,11-12H2,1-4H3/t14-,15+,17?. The quantitative estimate of drug-likeness (QED) is 0.822. The summed E-state index contributed by atoms with van der Waals surface area (Å²) in [4.78, 5) is 2.56. The monoisotopic (exact) mass is 354 g/mol. The topological polar surface area (TPSA) is 69.6 Å². The molecule has 0 saturated carbocycles. The van der Waals surface area contributed by atoms with Gasteiger partial charge in [0, 0.05) is 25.2 Å². The molecule has 1 heterocycles. The average molecular weight is 355 g/mol. The smallest absolute Gasteiger partial charge is 0.240 e. The van der Waals surface area contributed by atoms with Crippen molar-refractivity contribution < 1.29 is 13.5 Å². The third kappa shape index (κ3) is 4.57. The Kier molecular flexibility index (Phi) is 6.42. The Hall–Kier alpha value is -0.950. The normalized spacial score (nSPS) is 24.0. The van der Waals surface area contributed by atoms with Gasteiger partial charge in [-0.25, -0.2) is 13.1 Å². The fraction of sp³-hybridized carbons (Fsp3) is 0.667. The molecule has 0 amide bonds. The first-order valence-electron chi connectivity index (χ1n) is 8.72. The number of benzene rings is 1. The van der Waals surface area contributed by atoms with Gasteiger partial charge < -0.3 is 5.11 Å². The summed E-state index contributed by atoms with van der Waals surface area (Å²) >= 11 is 0. The van der Waals surface area contributed by atoms with E-state index in [1.165, 1.54) is 6.42 Å². The van der Waals surface area contributed by atoms with E-state index in [2.05, 4.69) is 23.5 Å². The molecule has 1 aromatic carbocycles. The van der Waals surface area contributed by atoms with Crippen molar-refractivity contribution in [1.82, 2.24) is 9.62 Å². The minimum atomic E-state index is -3.60. The van der Waals surface area contributed by atoms with Crippen molar-refractivity contribution in [1.29, 1.82) is 0 Å². The van der Waals surface area contributed by atoms with Crippen molar-refractivity contribution in [2.75, 3.05) is 13.1 Å². The predicted octanol–water partition coefficient (Wildman–Crippen LogP) is 2.21. The number of piperidine rings is 1. The van der Waals surface area contributed by atoms with E-state index in [4.69, 9.17) is 0 Å². The Labute approximate surface area is 146 Å². The van der Waals surface area contributed by atoms with Gasteiger partial charge in [0.2, 0.25) is 10.0 Å². The van der Waals surface area contributed by atoms with Crippen LogP contribution in [0.5, 0.6) is 0 Å². The Morgan fingerprint density at radius 2 is 1.88 bits per heavy atom. The van der Waals surface area contributed by atoms with Gasteiger partial charge in [-0.2, -0.15) is 0 Å². The SMILES string of the molecule is Cc1cccc(S(=O)(=O)NCC(O)CN2[C@H](C)CCC[C@@H]2C)c1C. The maximum atomic E-state index is 12.5. The van der Waals surface area contributed by atoms with Gasteiger partial charge in [0.05, 0.1) is 11.0 Å². The van der Waals surface area contributed by atoms with E-state index in [0.29, 0.717) is 18.6 Å². The van der Waals surface area contributed by atoms with E-state index >= 15 is 0 Å². The fourth-order valence-electron chi connectivity index (χ4n) is 3.44. The number of β-amino-alcohol motifs (C(OH)–C–C–N with tert-alkyl or cyclic N) is 1. The van der Waals surface area contributed by atoms with Crippen LogP contribution < -0.4 is 4.72 Å². The number of likely N-dealkylation sites (tertiary alicyclic amines) is 1. The van der Waals surface area contributed by atoms with Gasteiger partial charge >= 0.3 is 0 Å². The third-order valence-electron chi connectivity index (χ3n) is 5.15. The summed E-state index contributed by atoms with van der Waals surface area (Å²) in [6.07, 6.45) is 2.76. The summed E-state index contributed by atoms with van der Waals surface area (Å²) in [5.74, 6) is 0. The number of aliphatic hydroxyl groups is 1. The second-order valence-electron chi connectivity index (χ2n) is 7.03. The van der Waals surface area contributed by atoms with Crippen molar-refractivity contribution in [2.24, 2.45) is 0 Å². The first kappa shape index (κ1) is 19.4. The Morgan fingerprint density at radius 3 is 2.50 bits per heavy atom. The number of aryl methyl sites for hydroxylation is 1. The lowest BCUT2D eigenvalue weighted by atomic mass is 9.97. The highest BCUT2D eigenvalue weighted by Crippen LogP contribution is 2.22. The number of aliphatic hydroxyl groups excluding tert-OH is 1. The Bertz CT molecular complexity index is 650. The second kappa shape index (κ2) is 7.95. The first-order valence-corrected chi connectivity index (χ1v) is 10.2. The van der Waals surface area contributed by atoms with Gasteiger partial charge in [-0.3, -0.25) is 4.90 Å². The molecule has 6 heteroatoms. The summed E-state index contributed by atoms with van der Waals surface area (Å²) in [5, 5.41) is 10.3. The summed E-state index contributed by atoms with van der Waals surface area (Å²) in [5.41, 5.74) is 1.69. The number of hydrogen-bond donors (Lipinski definition) is 2. The molecule has 136 valence electrons. The third-order valence-corrected chi connectivity index (χ3v) is 6.72. The van der Waals surface area contributed by atoms with Crippen LogP contribution in [0.4, 0.5) is 0 Å². The number of sulfonamides is 1. The highest BCUT2D eigenvalue weighted by Gasteiger charge is 2.27. The maximum Gasteiger partial charge on any atom is 0.240 e. The van der Waals surface area contributed by atoms with E-state index < -0.39 is 16.1 Å². The number of nitrogens with zero attached hydrogens (tertiary/aromatic N) is 1. The molecule has 1 saturated heterocycles. The van der Waals surface area contributed by atoms with Crippen LogP contribution >= 0.6 is 0 Å². The molecule has 1 aromatic rings. The molecule has 0 spiro atoms. The van der Waals surface area contributed by atoms with Crippen molar-refractivity contribution in [3.8, 4) is 0 Å². The molecule has 2 rings (SSSR count). The molecule has 24 heavy (non-hydrogen) atoms. The van der Waals surface area contributed by atoms with Crippen molar-refractivity contribution in [2.45, 2.75) is 70.0 Å². The molecule has 3 atom stereocenters. The maximum absolute atomic E-state index is 12.5. The van der Waals surface area contributed by atoms with Crippen LogP contribution in [0, 0.1) is 13.8 Å². The largest absolute Gasteiger partial charge is 0.390 e. The van der Waals surface area contributed by atoms with Crippen molar-refractivity contribution in [3.63, 3.8) is 0 Å². The first-order chi connectivity index (χ1) is 11.2. The van der Waals surface area contributed by atoms with Crippen LogP contribution in [0.1, 0.15) is 44.2 Å². The lowest BCUT2D eigenvalue weighted by molar-refractivity contribution is 0.0438. The van der Waals surface area contributed by atoms with Gasteiger partial charge in [0.15, 0.2) is 0 Å². The molecule has 1 fully saturated rings. The Balaban J connectivity index is 1.97. The lowest BCUT2D eigenvalue weighted by Crippen LogP contribution is -2.49. The Morgan fingerprint density at radius 1 is 1.25 bits per heavy atom. The van der Waals surface area contributed by atoms with Gasteiger partial charge in [-0.1, -0.05) is 18.6 Å². The zero-order valence-electron chi connectivity index (χ0n) is 15.1. The van der Waals surface area contributed by atoms with Gasteiger partial charge in [0.25, 0.3) is 0 Å². The molecule has 0 bridgehead atoms. The summed E-state index contributed by atoms with van der Waals surface area (Å²) in [7, 11) is -3.60. The van der Waals surface area contributed by atoms with Crippen molar-refractivity contribution >= 4 is 10.0 Å². The van der Waals surface area contributed by atoms with Crippen LogP contribution in [-0.4, -0.2) is 49.7 Å². The molecule has 0 aliphatic carbocycles. The van der Waals surface area contributed by atoms with Gasteiger partial charge in [0.1, 0.15) is 0 Å². The summed E-state index contributed by atoms with van der Waals surface area (Å²) in [6, 6.07) is 6.09. The molecule has 2 N–H and O–H groups in total. The van der Waals surface area contributed by atoms with E-state index in [1.54, 1.807) is 19.1 Å². The average Bonchev–Trinajstić information content (AvgIpc) is 2.52. The summed E-state index contributed by atoms with van der Waals surface area (Å²) in [6.45, 7) is 8.56. The van der Waals surface area contributed by atoms with Crippen molar-refractivity contribution in [3.05, 3.63) is 29.3 Å². The van der Waals surface area contributed by atoms with Crippen LogP contribution in [0.3, 0.4) is 0 Å². The molecule has 0 radical (unpaired) electrons. The number of hydrogen-bond acceptors (Lipinski definition) is 4. The van der Waals surface area contributed by atoms with Crippen LogP contribution in [0.2, 0.25) is 0 Å². The minimum Gasteiger partial charge on any atom is -0.390 e. The minimum absolute atomic E-state index is 0.0334. The van der Waals surface area contributed by atoms with E-state index in [0.717, 1.165) is 24.0 Å². The molecular weight excluding hydrogens is 324 g/mol. The zero-order chi connectivity index (χ0) is 17.9. The highest BCUT2D eigenvalue weighted by molar-refractivity contribution is 7.89. The molecule has 1 aliphatic heterocycles. The number of nitrogens with one attached hydrogen (secondary N) is 1. The molecule has 5 nitrogen and oxygen atoms in total. The second-order valence-corrected chi connectivity index (χ2v) is 8.76. The van der Waals surface area contributed by atoms with E-state index in [9.17, 15) is 13.5 Å². The summed E-state index contributed by atoms with van der Waals surface area (Å²) < 4.78 is 27.5. The molecule has 1 unspecified atom stereocenters. The molecular formula is C18H30N2O3S. The fourth-order valence-corrected chi connectivity index (χ4v) is 4.83. The molecule has 0 aromatic heterocycles. The van der Waals surface area contributed by atoms with Crippen LogP contribution in [0.25, 0.3) is 0 Å². The van der Waals surface area contributed by atoms with E-state index in [1.807, 2.05) is 13.0 Å². The van der Waals surface area contributed by atoms with Gasteiger partial charge in [-0.15, -0.1) is 0 Å². The number of rotatable bonds is 6. The van der Waals surface area contributed by atoms with Gasteiger partial charge in [-0.05, 0) is 57.7 Å².